The van der Waals surface area contributed by atoms with E-state index in [0.29, 0.717) is 28.6 Å². The summed E-state index contributed by atoms with van der Waals surface area (Å²) >= 11 is 0. The van der Waals surface area contributed by atoms with Gasteiger partial charge in [-0.25, -0.2) is 13.3 Å². The topological polar surface area (TPSA) is 94.3 Å². The molecule has 9 heteroatoms. The Morgan fingerprint density at radius 2 is 1.45 bits per heavy atom. The van der Waals surface area contributed by atoms with Gasteiger partial charge < -0.3 is 14.2 Å². The molecule has 44 heavy (non-hydrogen) atoms. The van der Waals surface area contributed by atoms with E-state index >= 15 is 0 Å². The molecule has 1 amide bonds. The van der Waals surface area contributed by atoms with E-state index in [1.54, 1.807) is 24.3 Å². The largest absolute Gasteiger partial charge is 0.748 e. The van der Waals surface area contributed by atoms with Gasteiger partial charge in [-0.05, 0) is 53.5 Å². The van der Waals surface area contributed by atoms with Crippen LogP contribution in [0.1, 0.15) is 12.0 Å². The van der Waals surface area contributed by atoms with Crippen molar-refractivity contribution in [2.24, 2.45) is 0 Å². The fourth-order valence-electron chi connectivity index (χ4n) is 5.36. The van der Waals surface area contributed by atoms with Crippen molar-refractivity contribution in [3.05, 3.63) is 156 Å². The van der Waals surface area contributed by atoms with Crippen LogP contribution in [0.2, 0.25) is 0 Å². The summed E-state index contributed by atoms with van der Waals surface area (Å²) in [5.74, 6) is 0.0137. The third-order valence-corrected chi connectivity index (χ3v) is 8.11. The zero-order valence-corrected chi connectivity index (χ0v) is 24.3. The highest BCUT2D eigenvalue weighted by Gasteiger charge is 2.37. The van der Waals surface area contributed by atoms with Crippen LogP contribution in [0.5, 0.6) is 5.75 Å². The first kappa shape index (κ1) is 28.7. The summed E-state index contributed by atoms with van der Waals surface area (Å²) in [5.41, 5.74) is 5.00. The third-order valence-electron chi connectivity index (χ3n) is 7.33. The number of hydrogen-bond donors (Lipinski definition) is 0. The average molecular weight is 601 g/mol. The molecule has 0 aliphatic carbocycles. The Kier molecular flexibility index (Phi) is 7.85. The molecule has 4 aromatic rings. The predicted molar refractivity (Wildman–Crippen MR) is 169 cm³/mol. The molecule has 0 unspecified atom stereocenters. The van der Waals surface area contributed by atoms with Gasteiger partial charge in [-0.2, -0.15) is 0 Å². The van der Waals surface area contributed by atoms with Gasteiger partial charge in [-0.1, -0.05) is 84.9 Å². The standard InChI is InChI=1S/C35H27N3O5S/c1-36-34-33(26-14-7-3-8-15-26)29(38(35(34)39)28-16-9-4-10-17-28)19-21-32-37(22-11-23-44(40,41)42)30-24-27(18-20-31(30)43-32)25-12-5-2-6-13-25/h2-10,12-21,24H,11,22-23H2,(H,40,41,42)/p-1/b29-19?,32-21-. The zero-order chi connectivity index (χ0) is 30.7. The molecule has 0 saturated heterocycles. The summed E-state index contributed by atoms with van der Waals surface area (Å²) in [4.78, 5) is 20.6. The second kappa shape index (κ2) is 12.1. The van der Waals surface area contributed by atoms with Crippen LogP contribution < -0.4 is 14.5 Å². The first-order chi connectivity index (χ1) is 21.3. The van der Waals surface area contributed by atoms with Crippen molar-refractivity contribution < 1.29 is 22.5 Å². The van der Waals surface area contributed by atoms with Crippen molar-refractivity contribution in [2.75, 3.05) is 22.1 Å². The second-order valence-electron chi connectivity index (χ2n) is 10.2. The van der Waals surface area contributed by atoms with Crippen LogP contribution in [0, 0.1) is 6.57 Å². The number of hydrogen-bond acceptors (Lipinski definition) is 6. The smallest absolute Gasteiger partial charge is 0.262 e. The van der Waals surface area contributed by atoms with E-state index in [-0.39, 0.29) is 18.7 Å². The highest BCUT2D eigenvalue weighted by molar-refractivity contribution is 7.85. The molecule has 0 atom stereocenters. The molecule has 0 N–H and O–H groups in total. The van der Waals surface area contributed by atoms with Crippen LogP contribution in [-0.4, -0.2) is 31.2 Å². The fraction of sp³-hybridized carbons (Fsp3) is 0.0857. The molecular formula is C35H26N3O5S-. The van der Waals surface area contributed by atoms with Gasteiger partial charge in [0.25, 0.3) is 11.6 Å². The number of allylic oxidation sites excluding steroid dienone is 3. The van der Waals surface area contributed by atoms with Crippen molar-refractivity contribution in [3.8, 4) is 16.9 Å². The van der Waals surface area contributed by atoms with Crippen LogP contribution in [-0.2, 0) is 14.9 Å². The van der Waals surface area contributed by atoms with Crippen molar-refractivity contribution >= 4 is 33.0 Å². The molecule has 8 nitrogen and oxygen atoms in total. The first-order valence-electron chi connectivity index (χ1n) is 13.9. The maximum Gasteiger partial charge on any atom is 0.262 e. The van der Waals surface area contributed by atoms with Gasteiger partial charge in [0.1, 0.15) is 0 Å². The monoisotopic (exact) mass is 600 g/mol. The molecular weight excluding hydrogens is 574 g/mol. The summed E-state index contributed by atoms with van der Waals surface area (Å²) < 4.78 is 40.5. The van der Waals surface area contributed by atoms with Crippen molar-refractivity contribution in [1.82, 2.24) is 0 Å². The Morgan fingerprint density at radius 1 is 0.818 bits per heavy atom. The fourth-order valence-corrected chi connectivity index (χ4v) is 5.84. The molecule has 0 aromatic heterocycles. The van der Waals surface area contributed by atoms with Crippen molar-refractivity contribution in [1.29, 1.82) is 0 Å². The summed E-state index contributed by atoms with van der Waals surface area (Å²) in [7, 11) is -4.41. The molecule has 0 saturated carbocycles. The van der Waals surface area contributed by atoms with Gasteiger partial charge in [-0.15, -0.1) is 0 Å². The number of rotatable bonds is 8. The number of carbonyl (C=O) groups excluding carboxylic acids is 1. The molecule has 0 fully saturated rings. The minimum Gasteiger partial charge on any atom is -0.748 e. The molecule has 2 aliphatic heterocycles. The lowest BCUT2D eigenvalue weighted by Crippen LogP contribution is -2.25. The predicted octanol–water partition coefficient (Wildman–Crippen LogP) is 6.59. The van der Waals surface area contributed by atoms with E-state index in [4.69, 9.17) is 11.3 Å². The Hall–Kier alpha value is -5.43. The van der Waals surface area contributed by atoms with E-state index < -0.39 is 21.8 Å². The van der Waals surface area contributed by atoms with Crippen LogP contribution in [0.4, 0.5) is 11.4 Å². The van der Waals surface area contributed by atoms with E-state index in [9.17, 15) is 17.8 Å². The first-order valence-corrected chi connectivity index (χ1v) is 15.5. The lowest BCUT2D eigenvalue weighted by atomic mass is 10.0. The van der Waals surface area contributed by atoms with E-state index in [1.165, 1.54) is 4.90 Å². The molecule has 4 aromatic carbocycles. The maximum atomic E-state index is 13.6. The Bertz CT molecular complexity index is 1960. The second-order valence-corrected chi connectivity index (χ2v) is 11.7. The Balaban J connectivity index is 1.46. The molecule has 2 aliphatic rings. The Labute approximate surface area is 256 Å². The third kappa shape index (κ3) is 5.77. The van der Waals surface area contributed by atoms with E-state index in [2.05, 4.69) is 4.85 Å². The number of fused-ring (bicyclic) bond motifs is 1. The molecule has 2 heterocycles. The SMILES string of the molecule is [C-]#[N+]C1=C(c2ccccc2)C(=C/C=C2\Oc3ccc(-c4ccccc4)cc3N2CCCS(=O)(=O)[O-])N(c2ccccc2)C1=O. The molecule has 0 bridgehead atoms. The number of anilines is 2. The number of benzene rings is 4. The lowest BCUT2D eigenvalue weighted by molar-refractivity contribution is -0.114. The molecule has 6 rings (SSSR count). The zero-order valence-electron chi connectivity index (χ0n) is 23.5. The van der Waals surface area contributed by atoms with Crippen LogP contribution in [0.3, 0.4) is 0 Å². The van der Waals surface area contributed by atoms with Crippen LogP contribution >= 0.6 is 0 Å². The van der Waals surface area contributed by atoms with Gasteiger partial charge in [0, 0.05) is 35.3 Å². The lowest BCUT2D eigenvalue weighted by Gasteiger charge is -2.22. The highest BCUT2D eigenvalue weighted by atomic mass is 32.2. The van der Waals surface area contributed by atoms with Crippen LogP contribution in [0.15, 0.2) is 139 Å². The Morgan fingerprint density at radius 3 is 2.09 bits per heavy atom. The van der Waals surface area contributed by atoms with Gasteiger partial charge in [0.15, 0.2) is 5.75 Å². The number of carbonyl (C=O) groups is 1. The number of para-hydroxylation sites is 1. The van der Waals surface area contributed by atoms with Crippen LogP contribution in [0.25, 0.3) is 21.5 Å². The van der Waals surface area contributed by atoms with Gasteiger partial charge in [-0.3, -0.25) is 9.69 Å². The van der Waals surface area contributed by atoms with E-state index in [0.717, 1.165) is 22.4 Å². The normalized spacial score (nSPS) is 16.4. The number of ether oxygens (including phenoxy) is 1. The van der Waals surface area contributed by atoms with Gasteiger partial charge in [0.2, 0.25) is 5.88 Å². The maximum absolute atomic E-state index is 13.6. The van der Waals surface area contributed by atoms with Gasteiger partial charge >= 0.3 is 0 Å². The molecule has 0 spiro atoms. The summed E-state index contributed by atoms with van der Waals surface area (Å²) in [6, 6.07) is 34.0. The average Bonchev–Trinajstić information content (AvgIpc) is 3.53. The van der Waals surface area contributed by atoms with E-state index in [1.807, 2.05) is 102 Å². The summed E-state index contributed by atoms with van der Waals surface area (Å²) in [6.07, 6.45) is 3.54. The molecule has 218 valence electrons. The highest BCUT2D eigenvalue weighted by Crippen LogP contribution is 2.43. The number of nitrogens with zero attached hydrogens (tertiary/aromatic N) is 3. The minimum atomic E-state index is -4.41. The number of amides is 1. The summed E-state index contributed by atoms with van der Waals surface area (Å²) in [6.45, 7) is 8.06. The van der Waals surface area contributed by atoms with Crippen molar-refractivity contribution in [3.63, 3.8) is 0 Å². The minimum absolute atomic E-state index is 0.00495. The van der Waals surface area contributed by atoms with Crippen molar-refractivity contribution in [2.45, 2.75) is 6.42 Å². The van der Waals surface area contributed by atoms with Gasteiger partial charge in [0.05, 0.1) is 22.4 Å². The summed E-state index contributed by atoms with van der Waals surface area (Å²) in [5, 5.41) is 0. The molecule has 0 radical (unpaired) electrons. The quantitative estimate of drug-likeness (QED) is 0.167.